The first-order chi connectivity index (χ1) is 32.6. The zero-order valence-electron chi connectivity index (χ0n) is 38.0. The number of anilines is 3. The van der Waals surface area contributed by atoms with Gasteiger partial charge < -0.3 is 9.47 Å². The maximum absolute atomic E-state index is 2.72. The fraction of sp³-hybridized carbons (Fsp3) is 0.344. The molecule has 0 N–H and O–H groups in total. The summed E-state index contributed by atoms with van der Waals surface area (Å²) in [5.74, 6) is 6.54. The molecule has 2 spiro atoms. The number of benzene rings is 7. The van der Waals surface area contributed by atoms with Crippen LogP contribution in [-0.4, -0.2) is 4.57 Å². The fourth-order valence-electron chi connectivity index (χ4n) is 18.2. The van der Waals surface area contributed by atoms with E-state index in [0.29, 0.717) is 11.8 Å². The topological polar surface area (TPSA) is 8.17 Å². The molecule has 0 amide bonds. The molecule has 0 radical (unpaired) electrons. The van der Waals surface area contributed by atoms with Crippen LogP contribution in [0.15, 0.2) is 158 Å². The van der Waals surface area contributed by atoms with Crippen molar-refractivity contribution in [3.05, 3.63) is 180 Å². The van der Waals surface area contributed by atoms with Crippen LogP contribution in [0.4, 0.5) is 17.1 Å². The molecule has 18 rings (SSSR count). The summed E-state index contributed by atoms with van der Waals surface area (Å²) in [5, 5.41) is 2.60. The van der Waals surface area contributed by atoms with Crippen LogP contribution in [0.3, 0.4) is 0 Å². The molecule has 10 aliphatic rings. The van der Waals surface area contributed by atoms with Gasteiger partial charge in [-0.05, 0) is 211 Å². The van der Waals surface area contributed by atoms with Crippen molar-refractivity contribution in [1.29, 1.82) is 0 Å². The first-order valence-electron chi connectivity index (χ1n) is 26.0. The third-order valence-electron chi connectivity index (χ3n) is 20.1. The van der Waals surface area contributed by atoms with Crippen LogP contribution in [0.25, 0.3) is 49.7 Å². The molecule has 0 aliphatic heterocycles. The van der Waals surface area contributed by atoms with Crippen molar-refractivity contribution in [2.24, 2.45) is 47.3 Å². The summed E-state index contributed by atoms with van der Waals surface area (Å²) in [4.78, 5) is 2.67. The molecule has 0 saturated heterocycles. The standard InChI is InChI=1S/C64H58N2/c1-2-10-47(11-3-1)66-61-17-9-6-14-54(61)55-26-23-50(38-62(55)66)65(48-24-27-59-56(36-48)52-13-5-8-16-58(52)63(59)43-20-18-39-28-41(32-43)34-45(63)30-39)49-22-25-53-51-12-4-7-15-57(51)64(60(53)37-49)44-21-19-40-29-42(33-44)35-46(64)31-40/h1-17,22-27,36-46H,18-21,28-35H2. The van der Waals surface area contributed by atoms with E-state index in [9.17, 15) is 0 Å². The number of rotatable bonds is 4. The average Bonchev–Trinajstić information content (AvgIpc) is 3.80. The molecule has 8 saturated carbocycles. The monoisotopic (exact) mass is 854 g/mol. The van der Waals surface area contributed by atoms with Gasteiger partial charge in [-0.3, -0.25) is 0 Å². The second-order valence-electron chi connectivity index (χ2n) is 22.8. The van der Waals surface area contributed by atoms with Gasteiger partial charge in [0, 0.05) is 44.4 Å². The van der Waals surface area contributed by atoms with Crippen LogP contribution in [0.1, 0.15) is 99.3 Å². The summed E-state index contributed by atoms with van der Waals surface area (Å²) in [6.07, 6.45) is 17.0. The average molecular weight is 855 g/mol. The van der Waals surface area contributed by atoms with Crippen LogP contribution >= 0.6 is 0 Å². The first-order valence-corrected chi connectivity index (χ1v) is 26.0. The second kappa shape index (κ2) is 13.4. The summed E-state index contributed by atoms with van der Waals surface area (Å²) in [6, 6.07) is 62.3. The molecule has 8 bridgehead atoms. The van der Waals surface area contributed by atoms with E-state index < -0.39 is 0 Å². The molecule has 66 heavy (non-hydrogen) atoms. The zero-order chi connectivity index (χ0) is 42.9. The molecule has 1 aromatic heterocycles. The van der Waals surface area contributed by atoms with Gasteiger partial charge in [0.05, 0.1) is 11.0 Å². The summed E-state index contributed by atoms with van der Waals surface area (Å²) in [6.45, 7) is 0. The minimum Gasteiger partial charge on any atom is -0.310 e. The lowest BCUT2D eigenvalue weighted by Crippen LogP contribution is -2.48. The SMILES string of the molecule is c1ccc(-n2c3ccccc3c3ccc(N(c4ccc5c(c4)-c4ccccc4C54C5CCC6CC(C5)CC4C6)c4ccc5c(c4)C4(c6ccccc6-5)C5CCC6CC(C5)CC4C6)cc32)cc1. The van der Waals surface area contributed by atoms with E-state index in [2.05, 4.69) is 167 Å². The molecule has 10 atom stereocenters. The Morgan fingerprint density at radius 3 is 1.61 bits per heavy atom. The first kappa shape index (κ1) is 37.3. The molecular formula is C64H58N2. The second-order valence-corrected chi connectivity index (χ2v) is 22.8. The Morgan fingerprint density at radius 2 is 0.864 bits per heavy atom. The Balaban J connectivity index is 0.941. The van der Waals surface area contributed by atoms with Crippen molar-refractivity contribution >= 4 is 38.9 Å². The zero-order valence-corrected chi connectivity index (χ0v) is 38.0. The maximum atomic E-state index is 2.72. The van der Waals surface area contributed by atoms with Gasteiger partial charge in [0.25, 0.3) is 0 Å². The Bertz CT molecular complexity index is 3300. The van der Waals surface area contributed by atoms with E-state index in [0.717, 1.165) is 35.5 Å². The molecule has 2 heteroatoms. The predicted molar refractivity (Wildman–Crippen MR) is 271 cm³/mol. The van der Waals surface area contributed by atoms with Gasteiger partial charge in [0.2, 0.25) is 0 Å². The molecule has 10 unspecified atom stereocenters. The predicted octanol–water partition coefficient (Wildman–Crippen LogP) is 16.5. The molecule has 324 valence electrons. The van der Waals surface area contributed by atoms with Crippen molar-refractivity contribution in [2.45, 2.75) is 87.9 Å². The number of nitrogens with zero attached hydrogens (tertiary/aromatic N) is 2. The smallest absolute Gasteiger partial charge is 0.0561 e. The van der Waals surface area contributed by atoms with Crippen molar-refractivity contribution in [3.8, 4) is 27.9 Å². The number of hydrogen-bond acceptors (Lipinski definition) is 1. The lowest BCUT2D eigenvalue weighted by Gasteiger charge is -2.53. The van der Waals surface area contributed by atoms with E-state index >= 15 is 0 Å². The lowest BCUT2D eigenvalue weighted by atomic mass is 9.51. The molecule has 1 heterocycles. The van der Waals surface area contributed by atoms with Gasteiger partial charge in [-0.25, -0.2) is 0 Å². The quantitative estimate of drug-likeness (QED) is 0.171. The third-order valence-corrected chi connectivity index (χ3v) is 20.1. The summed E-state index contributed by atoms with van der Waals surface area (Å²) in [5.41, 5.74) is 20.2. The minimum atomic E-state index is 0.0875. The molecule has 10 aliphatic carbocycles. The number of hydrogen-bond donors (Lipinski definition) is 0. The summed E-state index contributed by atoms with van der Waals surface area (Å²) < 4.78 is 2.50. The highest BCUT2D eigenvalue weighted by Gasteiger charge is 2.61. The maximum Gasteiger partial charge on any atom is 0.0561 e. The normalized spacial score (nSPS) is 31.3. The van der Waals surface area contributed by atoms with E-state index in [1.54, 1.807) is 22.3 Å². The number of fused-ring (bicyclic) bond motifs is 11. The van der Waals surface area contributed by atoms with E-state index in [1.807, 2.05) is 0 Å². The Kier molecular flexibility index (Phi) is 7.56. The number of aromatic nitrogens is 1. The van der Waals surface area contributed by atoms with Gasteiger partial charge in [0.15, 0.2) is 0 Å². The molecule has 7 aromatic carbocycles. The van der Waals surface area contributed by atoms with Gasteiger partial charge in [-0.1, -0.05) is 116 Å². The van der Waals surface area contributed by atoms with E-state index in [1.165, 1.54) is 144 Å². The van der Waals surface area contributed by atoms with Gasteiger partial charge in [-0.15, -0.1) is 0 Å². The minimum absolute atomic E-state index is 0.0875. The van der Waals surface area contributed by atoms with Crippen molar-refractivity contribution in [3.63, 3.8) is 0 Å². The Labute approximate surface area is 389 Å². The lowest BCUT2D eigenvalue weighted by molar-refractivity contribution is 0.0617. The van der Waals surface area contributed by atoms with Gasteiger partial charge >= 0.3 is 0 Å². The highest BCUT2D eigenvalue weighted by molar-refractivity contribution is 6.10. The molecule has 8 fully saturated rings. The molecule has 2 nitrogen and oxygen atoms in total. The van der Waals surface area contributed by atoms with Crippen molar-refractivity contribution in [2.75, 3.05) is 4.90 Å². The molecular weight excluding hydrogens is 797 g/mol. The molecule has 8 aromatic rings. The van der Waals surface area contributed by atoms with Crippen LogP contribution < -0.4 is 4.90 Å². The highest BCUT2D eigenvalue weighted by Crippen LogP contribution is 2.70. The van der Waals surface area contributed by atoms with Gasteiger partial charge in [0.1, 0.15) is 0 Å². The Morgan fingerprint density at radius 1 is 0.348 bits per heavy atom. The summed E-state index contributed by atoms with van der Waals surface area (Å²) >= 11 is 0. The van der Waals surface area contributed by atoms with Crippen molar-refractivity contribution in [1.82, 2.24) is 4.57 Å². The highest BCUT2D eigenvalue weighted by atomic mass is 15.1. The largest absolute Gasteiger partial charge is 0.310 e. The summed E-state index contributed by atoms with van der Waals surface area (Å²) in [7, 11) is 0. The van der Waals surface area contributed by atoms with Crippen LogP contribution in [0.2, 0.25) is 0 Å². The van der Waals surface area contributed by atoms with Crippen LogP contribution in [0.5, 0.6) is 0 Å². The third kappa shape index (κ3) is 4.74. The van der Waals surface area contributed by atoms with Gasteiger partial charge in [-0.2, -0.15) is 0 Å². The fourth-order valence-corrected chi connectivity index (χ4v) is 18.2. The Hall–Kier alpha value is -5.86. The van der Waals surface area contributed by atoms with Crippen LogP contribution in [-0.2, 0) is 10.8 Å². The number of para-hydroxylation sites is 2. The van der Waals surface area contributed by atoms with Crippen LogP contribution in [0, 0.1) is 47.3 Å². The van der Waals surface area contributed by atoms with Crippen molar-refractivity contribution < 1.29 is 0 Å². The van der Waals surface area contributed by atoms with E-state index in [-0.39, 0.29) is 10.8 Å². The van der Waals surface area contributed by atoms with E-state index in [4.69, 9.17) is 0 Å².